The number of Topliss-reactive ketones (excluding diaryl/α,β-unsaturated/α-hetero) is 1. The van der Waals surface area contributed by atoms with E-state index in [-0.39, 0.29) is 5.78 Å². The van der Waals surface area contributed by atoms with Crippen LogP contribution in [0.2, 0.25) is 0 Å². The normalized spacial score (nSPS) is 39.1. The third kappa shape index (κ3) is 3.65. The first-order valence-electron chi connectivity index (χ1n) is 10.6. The number of nitrogens with one attached hydrogen (secondary N) is 2. The van der Waals surface area contributed by atoms with E-state index in [1.54, 1.807) is 20.8 Å². The van der Waals surface area contributed by atoms with Crippen molar-refractivity contribution in [3.05, 3.63) is 0 Å². The van der Waals surface area contributed by atoms with Crippen molar-refractivity contribution in [3.8, 4) is 0 Å². The van der Waals surface area contributed by atoms with Gasteiger partial charge in [-0.1, -0.05) is 0 Å². The molecule has 4 bridgehead atoms. The summed E-state index contributed by atoms with van der Waals surface area (Å²) in [5.41, 5.74) is 2.52. The van der Waals surface area contributed by atoms with Crippen molar-refractivity contribution in [3.63, 3.8) is 0 Å². The van der Waals surface area contributed by atoms with Gasteiger partial charge in [0.2, 0.25) is 0 Å². The lowest BCUT2D eigenvalue weighted by Gasteiger charge is -2.56. The van der Waals surface area contributed by atoms with E-state index in [2.05, 4.69) is 10.9 Å². The van der Waals surface area contributed by atoms with Crippen molar-refractivity contribution in [1.29, 1.82) is 0 Å². The molecule has 5 aliphatic rings. The van der Waals surface area contributed by atoms with Crippen LogP contribution in [-0.4, -0.2) is 34.6 Å². The summed E-state index contributed by atoms with van der Waals surface area (Å²) >= 11 is 0. The molecule has 0 saturated heterocycles. The summed E-state index contributed by atoms with van der Waals surface area (Å²) in [6.45, 7) is 5.26. The molecule has 7 heteroatoms. The smallest absolute Gasteiger partial charge is 0.422 e. The molecule has 0 aliphatic heterocycles. The van der Waals surface area contributed by atoms with E-state index in [0.717, 1.165) is 19.3 Å². The first kappa shape index (κ1) is 19.7. The Hall–Kier alpha value is -1.63. The molecule has 1 atom stereocenters. The third-order valence-corrected chi connectivity index (χ3v) is 6.85. The summed E-state index contributed by atoms with van der Waals surface area (Å²) < 4.78 is 11.3. The van der Waals surface area contributed by atoms with Crippen molar-refractivity contribution < 1.29 is 23.9 Å². The fraction of sp³-hybridized carbons (Fsp3) is 0.857. The van der Waals surface area contributed by atoms with E-state index in [1.807, 2.05) is 0 Å². The zero-order valence-corrected chi connectivity index (χ0v) is 17.1. The lowest BCUT2D eigenvalue weighted by Crippen LogP contribution is -2.64. The summed E-state index contributed by atoms with van der Waals surface area (Å²) in [7, 11) is 0. The maximum atomic E-state index is 13.3. The molecule has 1 amide bonds. The van der Waals surface area contributed by atoms with E-state index in [0.29, 0.717) is 37.0 Å². The number of carbonyl (C=O) groups is 3. The molecule has 0 spiro atoms. The van der Waals surface area contributed by atoms with Gasteiger partial charge in [-0.3, -0.25) is 10.2 Å². The van der Waals surface area contributed by atoms with Gasteiger partial charge in [-0.25, -0.2) is 15.0 Å². The highest BCUT2D eigenvalue weighted by Gasteiger charge is 2.57. The minimum absolute atomic E-state index is 0.224. The maximum absolute atomic E-state index is 13.3. The van der Waals surface area contributed by atoms with Gasteiger partial charge in [-0.15, -0.1) is 0 Å². The molecule has 5 fully saturated rings. The summed E-state index contributed by atoms with van der Waals surface area (Å²) in [5.74, 6) is 1.16. The van der Waals surface area contributed by atoms with Gasteiger partial charge in [0.1, 0.15) is 11.2 Å². The fourth-order valence-corrected chi connectivity index (χ4v) is 6.17. The number of hydrogen-bond donors (Lipinski definition) is 2. The number of carbonyl (C=O) groups excluding carboxylic acids is 3. The van der Waals surface area contributed by atoms with Crippen molar-refractivity contribution >= 4 is 17.8 Å². The first-order chi connectivity index (χ1) is 13.1. The van der Waals surface area contributed by atoms with E-state index >= 15 is 0 Å². The highest BCUT2D eigenvalue weighted by atomic mass is 16.6. The summed E-state index contributed by atoms with van der Waals surface area (Å²) in [6.07, 6.45) is 6.99. The second-order valence-electron chi connectivity index (χ2n) is 10.4. The predicted molar refractivity (Wildman–Crippen MR) is 101 cm³/mol. The van der Waals surface area contributed by atoms with Crippen LogP contribution in [0, 0.1) is 17.8 Å². The Kier molecular flexibility index (Phi) is 4.72. The number of hydrazine groups is 1. The molecule has 5 aliphatic carbocycles. The van der Waals surface area contributed by atoms with E-state index in [4.69, 9.17) is 9.47 Å². The zero-order valence-electron chi connectivity index (χ0n) is 17.1. The highest BCUT2D eigenvalue weighted by Crippen LogP contribution is 2.57. The number of ether oxygens (including phenoxy) is 2. The molecule has 0 radical (unpaired) electrons. The van der Waals surface area contributed by atoms with Crippen LogP contribution in [0.5, 0.6) is 0 Å². The number of rotatable bonds is 4. The quantitative estimate of drug-likeness (QED) is 0.434. The number of ketones is 1. The number of esters is 1. The average Bonchev–Trinajstić information content (AvgIpc) is 2.91. The van der Waals surface area contributed by atoms with Crippen LogP contribution < -0.4 is 10.9 Å². The number of amides is 1. The van der Waals surface area contributed by atoms with Crippen LogP contribution >= 0.6 is 0 Å². The van der Waals surface area contributed by atoms with Gasteiger partial charge >= 0.3 is 12.1 Å². The molecular weight excluding hydrogens is 360 g/mol. The molecule has 0 aromatic carbocycles. The second-order valence-corrected chi connectivity index (χ2v) is 10.4. The van der Waals surface area contributed by atoms with Crippen molar-refractivity contribution in [2.24, 2.45) is 17.8 Å². The molecule has 28 heavy (non-hydrogen) atoms. The standard InChI is InChI=1S/C21H32N2O5/c1-19(2,3)28-18(26)22-23-21(6-4-5-16(21)24)17(25)27-20-10-13-7-14(11-20)9-15(8-13)12-20/h13-15,23H,4-12H2,1-3H3,(H,22,26). The SMILES string of the molecule is CC(C)(C)OC(=O)NNC1(C(=O)OC23CC4CC(CC(C4)C2)C3)CCCC1=O. The first-order valence-corrected chi connectivity index (χ1v) is 10.6. The van der Waals surface area contributed by atoms with Gasteiger partial charge in [-0.2, -0.15) is 0 Å². The van der Waals surface area contributed by atoms with Crippen molar-refractivity contribution in [1.82, 2.24) is 10.9 Å². The van der Waals surface area contributed by atoms with Crippen LogP contribution in [0.4, 0.5) is 4.79 Å². The van der Waals surface area contributed by atoms with Crippen LogP contribution in [0.3, 0.4) is 0 Å². The zero-order chi connectivity index (χ0) is 20.2. The Morgan fingerprint density at radius 1 is 1.04 bits per heavy atom. The Morgan fingerprint density at radius 2 is 1.61 bits per heavy atom. The van der Waals surface area contributed by atoms with Crippen molar-refractivity contribution in [2.45, 2.75) is 95.3 Å². The largest absolute Gasteiger partial charge is 0.457 e. The lowest BCUT2D eigenvalue weighted by molar-refractivity contribution is -0.193. The van der Waals surface area contributed by atoms with Crippen LogP contribution in [-0.2, 0) is 19.1 Å². The summed E-state index contributed by atoms with van der Waals surface area (Å²) in [6, 6.07) is 0. The monoisotopic (exact) mass is 392 g/mol. The molecule has 0 aromatic heterocycles. The van der Waals surface area contributed by atoms with Gasteiger partial charge in [0.15, 0.2) is 11.3 Å². The Bertz CT molecular complexity index is 647. The molecule has 156 valence electrons. The van der Waals surface area contributed by atoms with Gasteiger partial charge in [0.05, 0.1) is 0 Å². The molecule has 2 N–H and O–H groups in total. The molecule has 0 heterocycles. The van der Waals surface area contributed by atoms with Gasteiger partial charge in [0, 0.05) is 6.42 Å². The topological polar surface area (TPSA) is 93.7 Å². The highest BCUT2D eigenvalue weighted by molar-refractivity contribution is 6.10. The van der Waals surface area contributed by atoms with Crippen LogP contribution in [0.15, 0.2) is 0 Å². The maximum Gasteiger partial charge on any atom is 0.422 e. The Balaban J connectivity index is 1.46. The van der Waals surface area contributed by atoms with E-state index in [1.165, 1.54) is 19.3 Å². The van der Waals surface area contributed by atoms with E-state index < -0.39 is 28.8 Å². The lowest BCUT2D eigenvalue weighted by atomic mass is 9.54. The molecular formula is C21H32N2O5. The van der Waals surface area contributed by atoms with E-state index in [9.17, 15) is 14.4 Å². The molecule has 0 aromatic rings. The van der Waals surface area contributed by atoms with Crippen molar-refractivity contribution in [2.75, 3.05) is 0 Å². The molecule has 1 unspecified atom stereocenters. The van der Waals surface area contributed by atoms with Gasteiger partial charge in [0.25, 0.3) is 0 Å². The molecule has 5 rings (SSSR count). The average molecular weight is 392 g/mol. The molecule has 5 saturated carbocycles. The summed E-state index contributed by atoms with van der Waals surface area (Å²) in [4.78, 5) is 38.0. The minimum atomic E-state index is -1.50. The van der Waals surface area contributed by atoms with Gasteiger partial charge < -0.3 is 9.47 Å². The van der Waals surface area contributed by atoms with Crippen LogP contribution in [0.25, 0.3) is 0 Å². The third-order valence-electron chi connectivity index (χ3n) is 6.85. The second kappa shape index (κ2) is 6.71. The van der Waals surface area contributed by atoms with Gasteiger partial charge in [-0.05, 0) is 89.9 Å². The van der Waals surface area contributed by atoms with Crippen LogP contribution in [0.1, 0.15) is 78.6 Å². The number of hydrogen-bond acceptors (Lipinski definition) is 6. The Labute approximate surface area is 166 Å². The fourth-order valence-electron chi connectivity index (χ4n) is 6.17. The summed E-state index contributed by atoms with van der Waals surface area (Å²) in [5, 5.41) is 0. The Morgan fingerprint density at radius 3 is 2.07 bits per heavy atom. The minimum Gasteiger partial charge on any atom is -0.457 e. The predicted octanol–water partition coefficient (Wildman–Crippen LogP) is 3.02. The molecule has 7 nitrogen and oxygen atoms in total.